The highest BCUT2D eigenvalue weighted by atomic mass is 35.5. The maximum atomic E-state index is 12.1. The number of hydrogen-bond donors (Lipinski definition) is 2. The zero-order chi connectivity index (χ0) is 15.4. The summed E-state index contributed by atoms with van der Waals surface area (Å²) in [6, 6.07) is 3.58. The van der Waals surface area contributed by atoms with Gasteiger partial charge in [-0.15, -0.1) is 0 Å². The van der Waals surface area contributed by atoms with Crippen LogP contribution < -0.4 is 10.6 Å². The van der Waals surface area contributed by atoms with Gasteiger partial charge in [0.2, 0.25) is 5.91 Å². The number of nitrogens with one attached hydrogen (secondary N) is 2. The first-order chi connectivity index (χ1) is 9.99. The van der Waals surface area contributed by atoms with Crippen LogP contribution in [-0.2, 0) is 4.79 Å². The van der Waals surface area contributed by atoms with Gasteiger partial charge < -0.3 is 10.6 Å². The third-order valence-corrected chi connectivity index (χ3v) is 4.74. The molecule has 21 heavy (non-hydrogen) atoms. The van der Waals surface area contributed by atoms with Crippen molar-refractivity contribution in [2.24, 2.45) is 5.92 Å². The molecule has 3 nitrogen and oxygen atoms in total. The van der Waals surface area contributed by atoms with Crippen molar-refractivity contribution in [2.75, 3.05) is 5.32 Å². The van der Waals surface area contributed by atoms with E-state index >= 15 is 0 Å². The number of halogens is 2. The summed E-state index contributed by atoms with van der Waals surface area (Å²) in [6.45, 7) is 1.88. The van der Waals surface area contributed by atoms with Crippen molar-refractivity contribution in [1.29, 1.82) is 0 Å². The van der Waals surface area contributed by atoms with Crippen LogP contribution in [0.5, 0.6) is 0 Å². The standard InChI is InChI=1S/C15H18Cl2N2OS/c1-9-7-8-11(16)13(12(9)17)18-15(21)19-14(20)10-5-3-2-4-6-10/h7-8,10H,2-6H2,1H3,(H2,18,19,20,21). The van der Waals surface area contributed by atoms with Crippen molar-refractivity contribution < 1.29 is 4.79 Å². The second kappa shape index (κ2) is 7.43. The molecule has 0 radical (unpaired) electrons. The number of carbonyl (C=O) groups excluding carboxylic acids is 1. The van der Waals surface area contributed by atoms with E-state index in [0.29, 0.717) is 15.7 Å². The molecular weight excluding hydrogens is 327 g/mol. The van der Waals surface area contributed by atoms with Gasteiger partial charge in [0.1, 0.15) is 0 Å². The topological polar surface area (TPSA) is 41.1 Å². The van der Waals surface area contributed by atoms with Gasteiger partial charge in [0.25, 0.3) is 0 Å². The Balaban J connectivity index is 1.98. The maximum Gasteiger partial charge on any atom is 0.229 e. The van der Waals surface area contributed by atoms with Crippen LogP contribution in [0.4, 0.5) is 5.69 Å². The minimum Gasteiger partial charge on any atom is -0.330 e. The fourth-order valence-corrected chi connectivity index (χ4v) is 3.16. The molecule has 1 fully saturated rings. The Morgan fingerprint density at radius 2 is 1.90 bits per heavy atom. The van der Waals surface area contributed by atoms with Crippen LogP contribution in [-0.4, -0.2) is 11.0 Å². The Hall–Kier alpha value is -0.840. The van der Waals surface area contributed by atoms with Gasteiger partial charge in [0.05, 0.1) is 15.7 Å². The maximum absolute atomic E-state index is 12.1. The molecule has 0 bridgehead atoms. The number of carbonyl (C=O) groups is 1. The molecule has 0 aliphatic heterocycles. The molecule has 0 heterocycles. The summed E-state index contributed by atoms with van der Waals surface area (Å²) < 4.78 is 0. The smallest absolute Gasteiger partial charge is 0.229 e. The van der Waals surface area contributed by atoms with Gasteiger partial charge in [0.15, 0.2) is 5.11 Å². The van der Waals surface area contributed by atoms with Gasteiger partial charge in [-0.2, -0.15) is 0 Å². The lowest BCUT2D eigenvalue weighted by atomic mass is 9.89. The Morgan fingerprint density at radius 1 is 1.24 bits per heavy atom. The first kappa shape index (κ1) is 16.5. The van der Waals surface area contributed by atoms with E-state index in [1.807, 2.05) is 13.0 Å². The third kappa shape index (κ3) is 4.31. The van der Waals surface area contributed by atoms with Crippen LogP contribution in [0.25, 0.3) is 0 Å². The monoisotopic (exact) mass is 344 g/mol. The normalized spacial score (nSPS) is 15.6. The van der Waals surface area contributed by atoms with Crippen LogP contribution in [0.3, 0.4) is 0 Å². The molecule has 0 saturated heterocycles. The minimum absolute atomic E-state index is 0.0212. The molecule has 114 valence electrons. The average molecular weight is 345 g/mol. The first-order valence-electron chi connectivity index (χ1n) is 7.05. The second-order valence-corrected chi connectivity index (χ2v) is 6.52. The Bertz CT molecular complexity index is 557. The lowest BCUT2D eigenvalue weighted by Gasteiger charge is -2.21. The molecule has 0 aromatic heterocycles. The number of thiocarbonyl (C=S) groups is 1. The fraction of sp³-hybridized carbons (Fsp3) is 0.467. The number of anilines is 1. The molecule has 2 N–H and O–H groups in total. The summed E-state index contributed by atoms with van der Waals surface area (Å²) in [5.41, 5.74) is 1.43. The number of rotatable bonds is 2. The van der Waals surface area contributed by atoms with Crippen LogP contribution >= 0.6 is 35.4 Å². The van der Waals surface area contributed by atoms with E-state index < -0.39 is 0 Å². The summed E-state index contributed by atoms with van der Waals surface area (Å²) in [5.74, 6) is 0.0362. The van der Waals surface area contributed by atoms with Gasteiger partial charge >= 0.3 is 0 Å². The number of amides is 1. The summed E-state index contributed by atoms with van der Waals surface area (Å²) in [7, 11) is 0. The zero-order valence-corrected chi connectivity index (χ0v) is 14.2. The predicted molar refractivity (Wildman–Crippen MR) is 92.1 cm³/mol. The largest absolute Gasteiger partial charge is 0.330 e. The second-order valence-electron chi connectivity index (χ2n) is 5.33. The van der Waals surface area contributed by atoms with Crippen molar-refractivity contribution >= 4 is 52.1 Å². The van der Waals surface area contributed by atoms with Crippen LogP contribution in [0.1, 0.15) is 37.7 Å². The van der Waals surface area contributed by atoms with E-state index in [9.17, 15) is 4.79 Å². The lowest BCUT2D eigenvalue weighted by Crippen LogP contribution is -2.39. The summed E-state index contributed by atoms with van der Waals surface area (Å²) in [6.07, 6.45) is 5.28. The van der Waals surface area contributed by atoms with Gasteiger partial charge in [0, 0.05) is 5.92 Å². The molecule has 1 aliphatic rings. The van der Waals surface area contributed by atoms with E-state index in [1.54, 1.807) is 6.07 Å². The molecule has 6 heteroatoms. The lowest BCUT2D eigenvalue weighted by molar-refractivity contribution is -0.124. The Labute approximate surface area is 140 Å². The number of hydrogen-bond acceptors (Lipinski definition) is 2. The van der Waals surface area contributed by atoms with E-state index in [4.69, 9.17) is 35.4 Å². The van der Waals surface area contributed by atoms with E-state index in [2.05, 4.69) is 10.6 Å². The van der Waals surface area contributed by atoms with Crippen molar-refractivity contribution in [2.45, 2.75) is 39.0 Å². The highest BCUT2D eigenvalue weighted by Crippen LogP contribution is 2.32. The number of benzene rings is 1. The Morgan fingerprint density at radius 3 is 2.57 bits per heavy atom. The van der Waals surface area contributed by atoms with E-state index in [0.717, 1.165) is 31.2 Å². The molecule has 1 aromatic rings. The molecule has 1 aromatic carbocycles. The first-order valence-corrected chi connectivity index (χ1v) is 8.22. The average Bonchev–Trinajstić information content (AvgIpc) is 2.48. The highest BCUT2D eigenvalue weighted by molar-refractivity contribution is 7.80. The SMILES string of the molecule is Cc1ccc(Cl)c(NC(=S)NC(=O)C2CCCCC2)c1Cl. The van der Waals surface area contributed by atoms with Crippen LogP contribution in [0.2, 0.25) is 10.0 Å². The fourth-order valence-electron chi connectivity index (χ4n) is 2.49. The van der Waals surface area contributed by atoms with Crippen molar-refractivity contribution in [3.63, 3.8) is 0 Å². The molecule has 0 unspecified atom stereocenters. The van der Waals surface area contributed by atoms with Gasteiger partial charge in [-0.3, -0.25) is 4.79 Å². The molecule has 2 rings (SSSR count). The van der Waals surface area contributed by atoms with Gasteiger partial charge in [-0.25, -0.2) is 0 Å². The minimum atomic E-state index is -0.0212. The highest BCUT2D eigenvalue weighted by Gasteiger charge is 2.22. The number of aryl methyl sites for hydroxylation is 1. The van der Waals surface area contributed by atoms with Gasteiger partial charge in [-0.1, -0.05) is 48.5 Å². The zero-order valence-electron chi connectivity index (χ0n) is 11.8. The van der Waals surface area contributed by atoms with Crippen LogP contribution in [0.15, 0.2) is 12.1 Å². The predicted octanol–water partition coefficient (Wildman–Crippen LogP) is 4.70. The van der Waals surface area contributed by atoms with Gasteiger partial charge in [-0.05, 0) is 43.6 Å². The summed E-state index contributed by atoms with van der Waals surface area (Å²) >= 11 is 17.5. The van der Waals surface area contributed by atoms with Crippen molar-refractivity contribution in [3.05, 3.63) is 27.7 Å². The van der Waals surface area contributed by atoms with Crippen molar-refractivity contribution in [3.8, 4) is 0 Å². The quantitative estimate of drug-likeness (QED) is 0.764. The summed E-state index contributed by atoms with van der Waals surface area (Å²) in [4.78, 5) is 12.1. The molecule has 1 aliphatic carbocycles. The molecule has 0 spiro atoms. The van der Waals surface area contributed by atoms with E-state index in [-0.39, 0.29) is 16.9 Å². The molecule has 1 amide bonds. The summed E-state index contributed by atoms with van der Waals surface area (Å²) in [5, 5.41) is 6.88. The molecule has 1 saturated carbocycles. The van der Waals surface area contributed by atoms with Crippen molar-refractivity contribution in [1.82, 2.24) is 5.32 Å². The van der Waals surface area contributed by atoms with E-state index in [1.165, 1.54) is 6.42 Å². The van der Waals surface area contributed by atoms with Crippen LogP contribution in [0, 0.1) is 12.8 Å². The molecule has 0 atom stereocenters. The molecular formula is C15H18Cl2N2OS. The Kier molecular flexibility index (Phi) is 5.85. The third-order valence-electron chi connectivity index (χ3n) is 3.74.